The van der Waals surface area contributed by atoms with Crippen molar-refractivity contribution in [1.29, 1.82) is 0 Å². The number of anilines is 1. The zero-order valence-corrected chi connectivity index (χ0v) is 23.1. The second kappa shape index (κ2) is 11.6. The highest BCUT2D eigenvalue weighted by atomic mass is 35.5. The van der Waals surface area contributed by atoms with Gasteiger partial charge in [0.15, 0.2) is 5.75 Å². The quantitative estimate of drug-likeness (QED) is 0.142. The number of carbonyl (C=O) groups excluding carboxylic acids is 1. The Morgan fingerprint density at radius 1 is 1.00 bits per heavy atom. The lowest BCUT2D eigenvalue weighted by molar-refractivity contribution is 0.102. The molecule has 1 amide bonds. The van der Waals surface area contributed by atoms with Crippen LogP contribution in [-0.4, -0.2) is 30.6 Å². The molecule has 4 rings (SSSR count). The number of rotatable bonds is 8. The SMILES string of the molecule is CCOc1cccc(NC(=O)c2cc3ccccc3c(N=Nc3cc(S(=O)(=O)O)cc(CC)c3Cl)c2O)c1Cl. The predicted molar refractivity (Wildman–Crippen MR) is 151 cm³/mol. The fraction of sp³-hybridized carbons (Fsp3) is 0.148. The van der Waals surface area contributed by atoms with Crippen LogP contribution >= 0.6 is 23.2 Å². The van der Waals surface area contributed by atoms with E-state index in [4.69, 9.17) is 27.9 Å². The number of hydrogen-bond acceptors (Lipinski definition) is 7. The summed E-state index contributed by atoms with van der Waals surface area (Å²) in [6.07, 6.45) is 0.363. The Morgan fingerprint density at radius 2 is 1.74 bits per heavy atom. The molecule has 12 heteroatoms. The fourth-order valence-electron chi connectivity index (χ4n) is 3.88. The second-order valence-corrected chi connectivity index (χ2v) is 10.5. The Bertz CT molecular complexity index is 1720. The number of aromatic hydroxyl groups is 1. The van der Waals surface area contributed by atoms with E-state index in [1.807, 2.05) is 0 Å². The number of ether oxygens (including phenoxy) is 1. The van der Waals surface area contributed by atoms with Gasteiger partial charge >= 0.3 is 0 Å². The summed E-state index contributed by atoms with van der Waals surface area (Å²) in [5.41, 5.74) is 0.520. The molecule has 0 fully saturated rings. The molecule has 0 aliphatic rings. The zero-order valence-electron chi connectivity index (χ0n) is 20.8. The van der Waals surface area contributed by atoms with E-state index in [2.05, 4.69) is 15.5 Å². The summed E-state index contributed by atoms with van der Waals surface area (Å²) in [6.45, 7) is 3.95. The van der Waals surface area contributed by atoms with E-state index >= 15 is 0 Å². The van der Waals surface area contributed by atoms with Gasteiger partial charge in [-0.2, -0.15) is 8.42 Å². The number of phenolic OH excluding ortho intramolecular Hbond substituents is 1. The number of carbonyl (C=O) groups is 1. The lowest BCUT2D eigenvalue weighted by Gasteiger charge is -2.13. The molecule has 4 aromatic carbocycles. The largest absolute Gasteiger partial charge is 0.505 e. The summed E-state index contributed by atoms with van der Waals surface area (Å²) in [6, 6.07) is 15.6. The Kier molecular flexibility index (Phi) is 8.41. The molecule has 0 aliphatic carbocycles. The van der Waals surface area contributed by atoms with Crippen LogP contribution in [-0.2, 0) is 16.5 Å². The minimum Gasteiger partial charge on any atom is -0.505 e. The smallest absolute Gasteiger partial charge is 0.294 e. The Morgan fingerprint density at radius 3 is 2.44 bits per heavy atom. The number of nitrogens with one attached hydrogen (secondary N) is 1. The van der Waals surface area contributed by atoms with Crippen molar-refractivity contribution >= 4 is 67.1 Å². The average molecular weight is 588 g/mol. The van der Waals surface area contributed by atoms with Crippen molar-refractivity contribution < 1.29 is 27.6 Å². The normalized spacial score (nSPS) is 11.7. The van der Waals surface area contributed by atoms with Crippen molar-refractivity contribution in [1.82, 2.24) is 0 Å². The van der Waals surface area contributed by atoms with Crippen LogP contribution < -0.4 is 10.1 Å². The van der Waals surface area contributed by atoms with E-state index in [1.54, 1.807) is 56.3 Å². The molecule has 0 saturated heterocycles. The number of fused-ring (bicyclic) bond motifs is 1. The van der Waals surface area contributed by atoms with E-state index in [1.165, 1.54) is 12.1 Å². The molecule has 0 bridgehead atoms. The summed E-state index contributed by atoms with van der Waals surface area (Å²) < 4.78 is 38.5. The van der Waals surface area contributed by atoms with Gasteiger partial charge in [0, 0.05) is 5.39 Å². The Labute approximate surface area is 234 Å². The maximum atomic E-state index is 13.3. The summed E-state index contributed by atoms with van der Waals surface area (Å²) in [5, 5.41) is 23.5. The van der Waals surface area contributed by atoms with Crippen molar-refractivity contribution in [3.05, 3.63) is 81.8 Å². The second-order valence-electron chi connectivity index (χ2n) is 8.29. The van der Waals surface area contributed by atoms with Crippen LogP contribution in [0.15, 0.2) is 75.8 Å². The first-order valence-electron chi connectivity index (χ1n) is 11.7. The number of phenols is 1. The van der Waals surface area contributed by atoms with Gasteiger partial charge in [0.2, 0.25) is 0 Å². The number of halogens is 2. The fourth-order valence-corrected chi connectivity index (χ4v) is 4.94. The van der Waals surface area contributed by atoms with Crippen LogP contribution in [0.5, 0.6) is 11.5 Å². The van der Waals surface area contributed by atoms with E-state index in [-0.39, 0.29) is 32.7 Å². The molecule has 0 saturated carbocycles. The zero-order chi connectivity index (χ0) is 28.3. The summed E-state index contributed by atoms with van der Waals surface area (Å²) in [7, 11) is -4.54. The maximum Gasteiger partial charge on any atom is 0.294 e. The van der Waals surface area contributed by atoms with Crippen molar-refractivity contribution in [2.75, 3.05) is 11.9 Å². The average Bonchev–Trinajstić information content (AvgIpc) is 2.90. The van der Waals surface area contributed by atoms with Crippen LogP contribution in [0.25, 0.3) is 10.8 Å². The van der Waals surface area contributed by atoms with Gasteiger partial charge in [-0.15, -0.1) is 10.2 Å². The number of hydrogen-bond donors (Lipinski definition) is 3. The van der Waals surface area contributed by atoms with Gasteiger partial charge in [-0.25, -0.2) is 0 Å². The molecule has 0 heterocycles. The molecule has 0 aliphatic heterocycles. The first kappa shape index (κ1) is 28.3. The number of amides is 1. The number of azo groups is 1. The van der Waals surface area contributed by atoms with Crippen molar-refractivity contribution in [2.24, 2.45) is 10.2 Å². The topological polar surface area (TPSA) is 138 Å². The molecular weight excluding hydrogens is 565 g/mol. The molecule has 0 unspecified atom stereocenters. The number of aryl methyl sites for hydroxylation is 1. The molecule has 0 atom stereocenters. The Hall–Kier alpha value is -3.70. The van der Waals surface area contributed by atoms with Gasteiger partial charge in [0.25, 0.3) is 16.0 Å². The van der Waals surface area contributed by atoms with E-state index in [9.17, 15) is 22.9 Å². The number of benzene rings is 4. The molecule has 3 N–H and O–H groups in total. The summed E-state index contributed by atoms with van der Waals surface area (Å²) in [4.78, 5) is 12.9. The molecule has 0 radical (unpaired) electrons. The van der Waals surface area contributed by atoms with Crippen LogP contribution in [0.2, 0.25) is 10.0 Å². The third kappa shape index (κ3) is 5.99. The highest BCUT2D eigenvalue weighted by molar-refractivity contribution is 7.85. The molecule has 9 nitrogen and oxygen atoms in total. The van der Waals surface area contributed by atoms with Crippen LogP contribution in [0.1, 0.15) is 29.8 Å². The highest BCUT2D eigenvalue weighted by Gasteiger charge is 2.21. The third-order valence-electron chi connectivity index (χ3n) is 5.79. The van der Waals surface area contributed by atoms with Crippen molar-refractivity contribution in [3.8, 4) is 11.5 Å². The molecular formula is C27H23Cl2N3O6S. The lowest BCUT2D eigenvalue weighted by Crippen LogP contribution is -2.13. The van der Waals surface area contributed by atoms with Crippen LogP contribution in [0, 0.1) is 0 Å². The van der Waals surface area contributed by atoms with Gasteiger partial charge in [0.1, 0.15) is 22.1 Å². The number of nitrogens with zero attached hydrogens (tertiary/aromatic N) is 2. The van der Waals surface area contributed by atoms with E-state index < -0.39 is 26.7 Å². The monoisotopic (exact) mass is 587 g/mol. The minimum absolute atomic E-state index is 0.0403. The van der Waals surface area contributed by atoms with Crippen molar-refractivity contribution in [2.45, 2.75) is 25.2 Å². The van der Waals surface area contributed by atoms with Gasteiger partial charge < -0.3 is 15.2 Å². The molecule has 4 aromatic rings. The van der Waals surface area contributed by atoms with Gasteiger partial charge in [-0.1, -0.05) is 60.5 Å². The molecule has 0 spiro atoms. The lowest BCUT2D eigenvalue weighted by atomic mass is 10.0. The first-order chi connectivity index (χ1) is 18.5. The highest BCUT2D eigenvalue weighted by Crippen LogP contribution is 2.41. The van der Waals surface area contributed by atoms with Gasteiger partial charge in [-0.05, 0) is 54.6 Å². The first-order valence-corrected chi connectivity index (χ1v) is 13.9. The maximum absolute atomic E-state index is 13.3. The summed E-state index contributed by atoms with van der Waals surface area (Å²) >= 11 is 12.8. The summed E-state index contributed by atoms with van der Waals surface area (Å²) in [5.74, 6) is -0.737. The molecule has 39 heavy (non-hydrogen) atoms. The minimum atomic E-state index is -4.54. The van der Waals surface area contributed by atoms with E-state index in [0.29, 0.717) is 35.1 Å². The van der Waals surface area contributed by atoms with Gasteiger partial charge in [0.05, 0.1) is 27.8 Å². The molecule has 0 aromatic heterocycles. The predicted octanol–water partition coefficient (Wildman–Crippen LogP) is 7.73. The third-order valence-corrected chi connectivity index (χ3v) is 7.45. The standard InChI is InChI=1S/C27H23Cl2N3O6S/c1-3-15-12-17(39(35,36)37)14-21(23(15)28)31-32-25-18-9-6-5-8-16(18)13-19(26(25)33)27(34)30-20-10-7-11-22(24(20)29)38-4-2/h5-14,33H,3-4H2,1-2H3,(H,30,34)(H,35,36,37). The van der Waals surface area contributed by atoms with Gasteiger partial charge in [-0.3, -0.25) is 9.35 Å². The van der Waals surface area contributed by atoms with E-state index in [0.717, 1.165) is 6.07 Å². The van der Waals surface area contributed by atoms with Crippen LogP contribution in [0.4, 0.5) is 17.1 Å². The Balaban J connectivity index is 1.81. The molecule has 202 valence electrons. The van der Waals surface area contributed by atoms with Crippen molar-refractivity contribution in [3.63, 3.8) is 0 Å². The van der Waals surface area contributed by atoms with Crippen LogP contribution in [0.3, 0.4) is 0 Å².